The Kier molecular flexibility index (Phi) is 4.49. The summed E-state index contributed by atoms with van der Waals surface area (Å²) in [6.45, 7) is 2.46. The lowest BCUT2D eigenvalue weighted by atomic mass is 10.3. The van der Waals surface area contributed by atoms with Gasteiger partial charge in [-0.2, -0.15) is 0 Å². The van der Waals surface area contributed by atoms with E-state index in [-0.39, 0.29) is 0 Å². The molecule has 0 aliphatic heterocycles. The molecule has 0 heterocycles. The number of para-hydroxylation sites is 1. The summed E-state index contributed by atoms with van der Waals surface area (Å²) < 4.78 is 5.54. The molecule has 2 rings (SSSR count). The minimum Gasteiger partial charge on any atom is -0.382 e. The zero-order valence-electron chi connectivity index (χ0n) is 9.42. The Hall–Kier alpha value is -0.730. The minimum atomic E-state index is 0.748. The third kappa shape index (κ3) is 4.03. The normalized spacial score (nSPS) is 15.1. The van der Waals surface area contributed by atoms with Crippen molar-refractivity contribution < 1.29 is 4.74 Å². The molecule has 0 bridgehead atoms. The van der Waals surface area contributed by atoms with Crippen LogP contribution in [-0.4, -0.2) is 19.8 Å². The van der Waals surface area contributed by atoms with Crippen LogP contribution in [0.15, 0.2) is 24.3 Å². The number of nitrogens with one attached hydrogen (secondary N) is 1. The standard InChI is InChI=1S/C13H18ClNO/c14-12-3-1-2-4-13(12)15-8-10-16-9-7-11-5-6-11/h1-4,11,15H,5-10H2. The molecule has 2 nitrogen and oxygen atoms in total. The van der Waals surface area contributed by atoms with E-state index in [1.165, 1.54) is 19.3 Å². The molecule has 88 valence electrons. The zero-order valence-corrected chi connectivity index (χ0v) is 10.2. The first kappa shape index (κ1) is 11.7. The number of hydrogen-bond donors (Lipinski definition) is 1. The fraction of sp³-hybridized carbons (Fsp3) is 0.538. The summed E-state index contributed by atoms with van der Waals surface area (Å²) in [6, 6.07) is 7.77. The van der Waals surface area contributed by atoms with Gasteiger partial charge in [0.25, 0.3) is 0 Å². The molecule has 0 radical (unpaired) electrons. The molecule has 1 aliphatic carbocycles. The van der Waals surface area contributed by atoms with Crippen LogP contribution < -0.4 is 5.32 Å². The van der Waals surface area contributed by atoms with E-state index in [0.717, 1.165) is 36.4 Å². The number of rotatable bonds is 7. The third-order valence-electron chi connectivity index (χ3n) is 2.80. The Balaban J connectivity index is 1.55. The smallest absolute Gasteiger partial charge is 0.0639 e. The minimum absolute atomic E-state index is 0.748. The average molecular weight is 240 g/mol. The van der Waals surface area contributed by atoms with Crippen LogP contribution >= 0.6 is 11.6 Å². The van der Waals surface area contributed by atoms with Crippen LogP contribution in [0.1, 0.15) is 19.3 Å². The van der Waals surface area contributed by atoms with Crippen molar-refractivity contribution in [3.05, 3.63) is 29.3 Å². The van der Waals surface area contributed by atoms with E-state index in [2.05, 4.69) is 5.32 Å². The predicted molar refractivity (Wildman–Crippen MR) is 68.1 cm³/mol. The third-order valence-corrected chi connectivity index (χ3v) is 3.13. The van der Waals surface area contributed by atoms with Crippen LogP contribution in [0.4, 0.5) is 5.69 Å². The second kappa shape index (κ2) is 6.12. The van der Waals surface area contributed by atoms with Crippen molar-refractivity contribution in [2.24, 2.45) is 5.92 Å². The zero-order chi connectivity index (χ0) is 11.2. The molecule has 1 aliphatic rings. The maximum absolute atomic E-state index is 6.01. The lowest BCUT2D eigenvalue weighted by molar-refractivity contribution is 0.137. The highest BCUT2D eigenvalue weighted by atomic mass is 35.5. The van der Waals surface area contributed by atoms with E-state index in [1.54, 1.807) is 0 Å². The van der Waals surface area contributed by atoms with Gasteiger partial charge in [0.05, 0.1) is 17.3 Å². The summed E-state index contributed by atoms with van der Waals surface area (Å²) in [5.41, 5.74) is 0.981. The van der Waals surface area contributed by atoms with E-state index >= 15 is 0 Å². The summed E-state index contributed by atoms with van der Waals surface area (Å²) in [6.07, 6.45) is 4.04. The van der Waals surface area contributed by atoms with Crippen LogP contribution in [0.5, 0.6) is 0 Å². The molecule has 0 amide bonds. The molecule has 0 unspecified atom stereocenters. The number of ether oxygens (including phenoxy) is 1. The van der Waals surface area contributed by atoms with Crippen molar-refractivity contribution >= 4 is 17.3 Å². The van der Waals surface area contributed by atoms with Gasteiger partial charge in [-0.15, -0.1) is 0 Å². The second-order valence-electron chi connectivity index (χ2n) is 4.25. The van der Waals surface area contributed by atoms with E-state index < -0.39 is 0 Å². The van der Waals surface area contributed by atoms with Crippen LogP contribution in [0.25, 0.3) is 0 Å². The largest absolute Gasteiger partial charge is 0.382 e. The molecule has 1 aromatic carbocycles. The van der Waals surface area contributed by atoms with Crippen LogP contribution in [0, 0.1) is 5.92 Å². The first-order valence-electron chi connectivity index (χ1n) is 5.92. The number of halogens is 1. The number of hydrogen-bond acceptors (Lipinski definition) is 2. The Morgan fingerprint density at radius 1 is 1.25 bits per heavy atom. The van der Waals surface area contributed by atoms with Crippen molar-refractivity contribution in [3.8, 4) is 0 Å². The fourth-order valence-electron chi connectivity index (χ4n) is 1.62. The highest BCUT2D eigenvalue weighted by molar-refractivity contribution is 6.33. The molecule has 0 aromatic heterocycles. The van der Waals surface area contributed by atoms with Crippen molar-refractivity contribution in [2.45, 2.75) is 19.3 Å². The lowest BCUT2D eigenvalue weighted by Gasteiger charge is -2.08. The molecule has 0 saturated heterocycles. The van der Waals surface area contributed by atoms with Gasteiger partial charge in [-0.05, 0) is 24.5 Å². The molecule has 1 fully saturated rings. The number of anilines is 1. The molecule has 16 heavy (non-hydrogen) atoms. The second-order valence-corrected chi connectivity index (χ2v) is 4.66. The fourth-order valence-corrected chi connectivity index (χ4v) is 1.82. The lowest BCUT2D eigenvalue weighted by Crippen LogP contribution is -2.10. The van der Waals surface area contributed by atoms with Gasteiger partial charge in [-0.3, -0.25) is 0 Å². The molecule has 1 aromatic rings. The summed E-state index contributed by atoms with van der Waals surface area (Å²) >= 11 is 6.01. The quantitative estimate of drug-likeness (QED) is 0.735. The van der Waals surface area contributed by atoms with Gasteiger partial charge in [0, 0.05) is 13.2 Å². The highest BCUT2D eigenvalue weighted by Gasteiger charge is 2.20. The topological polar surface area (TPSA) is 21.3 Å². The van der Waals surface area contributed by atoms with Gasteiger partial charge < -0.3 is 10.1 Å². The van der Waals surface area contributed by atoms with Crippen LogP contribution in [-0.2, 0) is 4.74 Å². The monoisotopic (exact) mass is 239 g/mol. The van der Waals surface area contributed by atoms with Crippen LogP contribution in [0.2, 0.25) is 5.02 Å². The van der Waals surface area contributed by atoms with E-state index in [4.69, 9.17) is 16.3 Å². The molecule has 3 heteroatoms. The van der Waals surface area contributed by atoms with Gasteiger partial charge in [-0.25, -0.2) is 0 Å². The Bertz CT molecular complexity index is 325. The summed E-state index contributed by atoms with van der Waals surface area (Å²) in [5, 5.41) is 4.02. The molecule has 1 saturated carbocycles. The van der Waals surface area contributed by atoms with E-state index in [0.29, 0.717) is 0 Å². The van der Waals surface area contributed by atoms with Gasteiger partial charge in [-0.1, -0.05) is 36.6 Å². The molecular weight excluding hydrogens is 222 g/mol. The SMILES string of the molecule is Clc1ccccc1NCCOCCC1CC1. The first-order chi connectivity index (χ1) is 7.86. The highest BCUT2D eigenvalue weighted by Crippen LogP contribution is 2.32. The van der Waals surface area contributed by atoms with Gasteiger partial charge in [0.2, 0.25) is 0 Å². The average Bonchev–Trinajstić information content (AvgIpc) is 3.09. The Morgan fingerprint density at radius 3 is 2.81 bits per heavy atom. The van der Waals surface area contributed by atoms with Gasteiger partial charge in [0.15, 0.2) is 0 Å². The summed E-state index contributed by atoms with van der Waals surface area (Å²) in [7, 11) is 0. The summed E-state index contributed by atoms with van der Waals surface area (Å²) in [5.74, 6) is 0.955. The predicted octanol–water partition coefficient (Wildman–Crippen LogP) is 3.57. The molecular formula is C13H18ClNO. The van der Waals surface area contributed by atoms with Crippen LogP contribution in [0.3, 0.4) is 0 Å². The maximum Gasteiger partial charge on any atom is 0.0639 e. The first-order valence-corrected chi connectivity index (χ1v) is 6.30. The number of benzene rings is 1. The van der Waals surface area contributed by atoms with Gasteiger partial charge >= 0.3 is 0 Å². The molecule has 0 spiro atoms. The Labute approximate surface area is 102 Å². The van der Waals surface area contributed by atoms with Gasteiger partial charge in [0.1, 0.15) is 0 Å². The van der Waals surface area contributed by atoms with Crippen molar-refractivity contribution in [2.75, 3.05) is 25.1 Å². The van der Waals surface area contributed by atoms with Crippen molar-refractivity contribution in [3.63, 3.8) is 0 Å². The maximum atomic E-state index is 6.01. The summed E-state index contributed by atoms with van der Waals surface area (Å²) in [4.78, 5) is 0. The van der Waals surface area contributed by atoms with E-state index in [1.807, 2.05) is 24.3 Å². The van der Waals surface area contributed by atoms with Crippen molar-refractivity contribution in [1.29, 1.82) is 0 Å². The molecule has 0 atom stereocenters. The Morgan fingerprint density at radius 2 is 2.06 bits per heavy atom. The van der Waals surface area contributed by atoms with Crippen molar-refractivity contribution in [1.82, 2.24) is 0 Å². The molecule has 1 N–H and O–H groups in total. The van der Waals surface area contributed by atoms with E-state index in [9.17, 15) is 0 Å².